The van der Waals surface area contributed by atoms with Crippen LogP contribution >= 0.6 is 0 Å². The molecule has 0 unspecified atom stereocenters. The molecule has 0 aliphatic carbocycles. The number of ether oxygens (including phenoxy) is 1. The van der Waals surface area contributed by atoms with Crippen molar-refractivity contribution in [3.05, 3.63) is 47.8 Å². The lowest BCUT2D eigenvalue weighted by Gasteiger charge is -2.10. The Bertz CT molecular complexity index is 599. The third kappa shape index (κ3) is 3.31. The Morgan fingerprint density at radius 3 is 2.80 bits per heavy atom. The lowest BCUT2D eigenvalue weighted by molar-refractivity contribution is -0.0501. The minimum absolute atomic E-state index is 0.0648. The van der Waals surface area contributed by atoms with Crippen molar-refractivity contribution in [3.8, 4) is 5.75 Å². The van der Waals surface area contributed by atoms with Gasteiger partial charge in [-0.15, -0.1) is 0 Å². The van der Waals surface area contributed by atoms with Crippen molar-refractivity contribution in [1.82, 2.24) is 15.1 Å². The van der Waals surface area contributed by atoms with Gasteiger partial charge in [0.05, 0.1) is 17.8 Å². The molecule has 0 spiro atoms. The van der Waals surface area contributed by atoms with Gasteiger partial charge >= 0.3 is 6.61 Å². The number of hydrogen-bond donors (Lipinski definition) is 1. The predicted octanol–water partition coefficient (Wildman–Crippen LogP) is 1.95. The van der Waals surface area contributed by atoms with Gasteiger partial charge in [-0.05, 0) is 18.2 Å². The van der Waals surface area contributed by atoms with E-state index < -0.39 is 12.5 Å². The fourth-order valence-electron chi connectivity index (χ4n) is 1.69. The lowest BCUT2D eigenvalue weighted by atomic mass is 10.2. The van der Waals surface area contributed by atoms with E-state index >= 15 is 0 Å². The summed E-state index contributed by atoms with van der Waals surface area (Å²) in [5.74, 6) is -0.632. The Labute approximate surface area is 114 Å². The first-order chi connectivity index (χ1) is 9.58. The number of alkyl halides is 2. The van der Waals surface area contributed by atoms with Crippen molar-refractivity contribution in [2.24, 2.45) is 7.05 Å². The van der Waals surface area contributed by atoms with Crippen LogP contribution in [0.25, 0.3) is 0 Å². The van der Waals surface area contributed by atoms with Gasteiger partial charge in [-0.25, -0.2) is 0 Å². The van der Waals surface area contributed by atoms with Crippen LogP contribution in [0.15, 0.2) is 36.5 Å². The molecule has 0 bridgehead atoms. The van der Waals surface area contributed by atoms with Gasteiger partial charge in [0.15, 0.2) is 0 Å². The maximum absolute atomic E-state index is 12.3. The number of nitrogens with one attached hydrogen (secondary N) is 1. The van der Waals surface area contributed by atoms with Crippen LogP contribution in [0.2, 0.25) is 0 Å². The van der Waals surface area contributed by atoms with E-state index in [0.717, 1.165) is 5.69 Å². The quantitative estimate of drug-likeness (QED) is 0.911. The fraction of sp³-hybridized carbons (Fsp3) is 0.231. The molecule has 0 fully saturated rings. The number of amides is 1. The number of carbonyl (C=O) groups excluding carboxylic acids is 1. The Morgan fingerprint density at radius 2 is 2.15 bits per heavy atom. The van der Waals surface area contributed by atoms with Crippen LogP contribution in [-0.2, 0) is 13.6 Å². The van der Waals surface area contributed by atoms with Gasteiger partial charge < -0.3 is 10.1 Å². The van der Waals surface area contributed by atoms with Crippen LogP contribution in [0.5, 0.6) is 5.75 Å². The molecule has 106 valence electrons. The normalized spacial score (nSPS) is 10.6. The van der Waals surface area contributed by atoms with Crippen molar-refractivity contribution in [2.45, 2.75) is 13.2 Å². The van der Waals surface area contributed by atoms with E-state index in [9.17, 15) is 13.6 Å². The molecule has 2 aromatic rings. The van der Waals surface area contributed by atoms with Gasteiger partial charge in [-0.2, -0.15) is 13.9 Å². The Kier molecular flexibility index (Phi) is 4.29. The Balaban J connectivity index is 2.07. The number of nitrogens with zero attached hydrogens (tertiary/aromatic N) is 2. The Hall–Kier alpha value is -2.44. The summed E-state index contributed by atoms with van der Waals surface area (Å²) in [7, 11) is 1.75. The largest absolute Gasteiger partial charge is 0.434 e. The average Bonchev–Trinajstić information content (AvgIpc) is 2.81. The first-order valence-corrected chi connectivity index (χ1v) is 5.87. The minimum Gasteiger partial charge on any atom is -0.434 e. The van der Waals surface area contributed by atoms with Gasteiger partial charge in [-0.1, -0.05) is 12.1 Å². The van der Waals surface area contributed by atoms with E-state index in [1.165, 1.54) is 18.2 Å². The second-order valence-corrected chi connectivity index (χ2v) is 4.00. The molecule has 1 heterocycles. The number of halogens is 2. The third-order valence-corrected chi connectivity index (χ3v) is 2.70. The van der Waals surface area contributed by atoms with Crippen LogP contribution in [-0.4, -0.2) is 22.3 Å². The number of aryl methyl sites for hydroxylation is 1. The number of para-hydroxylation sites is 1. The summed E-state index contributed by atoms with van der Waals surface area (Å²) in [5, 5.41) is 6.60. The van der Waals surface area contributed by atoms with Crippen molar-refractivity contribution in [1.29, 1.82) is 0 Å². The molecule has 0 atom stereocenters. The average molecular weight is 281 g/mol. The molecule has 1 N–H and O–H groups in total. The molecule has 1 amide bonds. The molecule has 5 nitrogen and oxygen atoms in total. The van der Waals surface area contributed by atoms with Gasteiger partial charge in [0.25, 0.3) is 5.91 Å². The molecular weight excluding hydrogens is 268 g/mol. The standard InChI is InChI=1S/C13H13F2N3O2/c1-18-9(6-7-17-18)8-16-12(19)10-4-2-3-5-11(10)20-13(14)15/h2-7,13H,8H2,1H3,(H,16,19). The highest BCUT2D eigenvalue weighted by atomic mass is 19.3. The highest BCUT2D eigenvalue weighted by molar-refractivity contribution is 5.96. The molecule has 0 aliphatic rings. The summed E-state index contributed by atoms with van der Waals surface area (Å²) < 4.78 is 30.4. The SMILES string of the molecule is Cn1nccc1CNC(=O)c1ccccc1OC(F)F. The summed E-state index contributed by atoms with van der Waals surface area (Å²) >= 11 is 0. The molecular formula is C13H13F2N3O2. The highest BCUT2D eigenvalue weighted by Gasteiger charge is 2.15. The number of carbonyl (C=O) groups is 1. The van der Waals surface area contributed by atoms with E-state index in [1.54, 1.807) is 30.1 Å². The highest BCUT2D eigenvalue weighted by Crippen LogP contribution is 2.20. The van der Waals surface area contributed by atoms with Gasteiger partial charge in [0.1, 0.15) is 5.75 Å². The monoisotopic (exact) mass is 281 g/mol. The molecule has 1 aromatic carbocycles. The zero-order valence-electron chi connectivity index (χ0n) is 10.7. The molecule has 0 aliphatic heterocycles. The van der Waals surface area contributed by atoms with E-state index in [1.807, 2.05) is 0 Å². The number of hydrogen-bond acceptors (Lipinski definition) is 3. The third-order valence-electron chi connectivity index (χ3n) is 2.70. The fourth-order valence-corrected chi connectivity index (χ4v) is 1.69. The molecule has 0 saturated carbocycles. The van der Waals surface area contributed by atoms with E-state index in [4.69, 9.17) is 0 Å². The van der Waals surface area contributed by atoms with Crippen molar-refractivity contribution in [3.63, 3.8) is 0 Å². The topological polar surface area (TPSA) is 56.2 Å². The van der Waals surface area contributed by atoms with Crippen LogP contribution in [0.1, 0.15) is 16.1 Å². The predicted molar refractivity (Wildman–Crippen MR) is 67.5 cm³/mol. The molecule has 20 heavy (non-hydrogen) atoms. The molecule has 0 radical (unpaired) electrons. The van der Waals surface area contributed by atoms with Gasteiger partial charge in [0.2, 0.25) is 0 Å². The van der Waals surface area contributed by atoms with E-state index in [0.29, 0.717) is 0 Å². The van der Waals surface area contributed by atoms with Gasteiger partial charge in [-0.3, -0.25) is 9.48 Å². The zero-order chi connectivity index (χ0) is 14.5. The maximum atomic E-state index is 12.3. The number of rotatable bonds is 5. The van der Waals surface area contributed by atoms with Crippen LogP contribution in [0, 0.1) is 0 Å². The van der Waals surface area contributed by atoms with Crippen molar-refractivity contribution >= 4 is 5.91 Å². The molecule has 7 heteroatoms. The molecule has 1 aromatic heterocycles. The minimum atomic E-state index is -2.97. The first kappa shape index (κ1) is 14.0. The summed E-state index contributed by atoms with van der Waals surface area (Å²) in [4.78, 5) is 12.0. The van der Waals surface area contributed by atoms with Crippen molar-refractivity contribution < 1.29 is 18.3 Å². The maximum Gasteiger partial charge on any atom is 0.387 e. The zero-order valence-corrected chi connectivity index (χ0v) is 10.7. The van der Waals surface area contributed by atoms with E-state index in [-0.39, 0.29) is 17.9 Å². The summed E-state index contributed by atoms with van der Waals surface area (Å²) in [6.45, 7) is -2.72. The number of benzene rings is 1. The van der Waals surface area contributed by atoms with E-state index in [2.05, 4.69) is 15.2 Å². The van der Waals surface area contributed by atoms with Crippen LogP contribution in [0.4, 0.5) is 8.78 Å². The Morgan fingerprint density at radius 1 is 1.40 bits per heavy atom. The second-order valence-electron chi connectivity index (χ2n) is 4.00. The smallest absolute Gasteiger partial charge is 0.387 e. The van der Waals surface area contributed by atoms with Crippen molar-refractivity contribution in [2.75, 3.05) is 0 Å². The number of aromatic nitrogens is 2. The lowest BCUT2D eigenvalue weighted by Crippen LogP contribution is -2.25. The summed E-state index contributed by atoms with van der Waals surface area (Å²) in [6, 6.07) is 7.61. The molecule has 2 rings (SSSR count). The van der Waals surface area contributed by atoms with Crippen LogP contribution < -0.4 is 10.1 Å². The van der Waals surface area contributed by atoms with Gasteiger partial charge in [0, 0.05) is 13.2 Å². The first-order valence-electron chi connectivity index (χ1n) is 5.87. The summed E-state index contributed by atoms with van der Waals surface area (Å²) in [5.41, 5.74) is 0.862. The van der Waals surface area contributed by atoms with Crippen LogP contribution in [0.3, 0.4) is 0 Å². The molecule has 0 saturated heterocycles. The summed E-state index contributed by atoms with van der Waals surface area (Å²) in [6.07, 6.45) is 1.61. The second kappa shape index (κ2) is 6.14.